The first-order valence-electron chi connectivity index (χ1n) is 5.77. The largest absolute Gasteiger partial charge is 0.381 e. The van der Waals surface area contributed by atoms with Gasteiger partial charge in [0.2, 0.25) is 0 Å². The zero-order valence-corrected chi connectivity index (χ0v) is 10.7. The molecule has 1 saturated heterocycles. The number of fused-ring (bicyclic) bond motifs is 1. The Morgan fingerprint density at radius 1 is 1.19 bits per heavy atom. The van der Waals surface area contributed by atoms with E-state index in [1.807, 2.05) is 0 Å². The zero-order valence-electron chi connectivity index (χ0n) is 9.12. The summed E-state index contributed by atoms with van der Waals surface area (Å²) in [6.45, 7) is 3.20. The summed E-state index contributed by atoms with van der Waals surface area (Å²) in [4.78, 5) is 0. The fourth-order valence-corrected chi connectivity index (χ4v) is 3.05. The van der Waals surface area contributed by atoms with Crippen molar-refractivity contribution in [2.24, 2.45) is 0 Å². The molecule has 0 bridgehead atoms. The first kappa shape index (κ1) is 10.7. The number of halogens is 1. The van der Waals surface area contributed by atoms with Crippen LogP contribution in [0.1, 0.15) is 30.1 Å². The van der Waals surface area contributed by atoms with E-state index in [0.29, 0.717) is 12.6 Å². The summed E-state index contributed by atoms with van der Waals surface area (Å²) in [5.74, 6) is 0. The van der Waals surface area contributed by atoms with Crippen molar-refractivity contribution in [3.05, 3.63) is 15.9 Å². The van der Waals surface area contributed by atoms with Gasteiger partial charge in [0, 0.05) is 25.2 Å². The molecule has 1 aromatic heterocycles. The van der Waals surface area contributed by atoms with Gasteiger partial charge >= 0.3 is 0 Å². The molecule has 4 nitrogen and oxygen atoms in total. The quantitative estimate of drug-likeness (QED) is 0.793. The van der Waals surface area contributed by atoms with E-state index >= 15 is 0 Å². The number of ether oxygens (including phenoxy) is 2. The smallest absolute Gasteiger partial charge is 0.131 e. The highest BCUT2D eigenvalue weighted by molar-refractivity contribution is 9.10. The number of hydrogen-bond donors (Lipinski definition) is 0. The summed E-state index contributed by atoms with van der Waals surface area (Å²) in [7, 11) is 0. The molecule has 0 unspecified atom stereocenters. The second kappa shape index (κ2) is 4.47. The van der Waals surface area contributed by atoms with Gasteiger partial charge in [-0.25, -0.2) is 0 Å². The summed E-state index contributed by atoms with van der Waals surface area (Å²) in [5, 5.41) is 4.61. The minimum atomic E-state index is 0.482. The Kier molecular flexibility index (Phi) is 3.00. The van der Waals surface area contributed by atoms with Crippen LogP contribution in [-0.2, 0) is 22.5 Å². The zero-order chi connectivity index (χ0) is 11.0. The van der Waals surface area contributed by atoms with Gasteiger partial charge in [0.1, 0.15) is 4.60 Å². The Morgan fingerprint density at radius 3 is 2.81 bits per heavy atom. The molecule has 0 saturated carbocycles. The molecule has 0 atom stereocenters. The SMILES string of the molecule is Brc1nn(C2CCOCC2)c2c1CCOC2. The fraction of sp³-hybridized carbons (Fsp3) is 0.727. The third-order valence-electron chi connectivity index (χ3n) is 3.34. The monoisotopic (exact) mass is 286 g/mol. The molecule has 2 aliphatic rings. The lowest BCUT2D eigenvalue weighted by molar-refractivity contribution is 0.0589. The molecule has 3 heterocycles. The van der Waals surface area contributed by atoms with Gasteiger partial charge in [-0.05, 0) is 28.8 Å². The lowest BCUT2D eigenvalue weighted by Crippen LogP contribution is -2.23. The van der Waals surface area contributed by atoms with Crippen LogP contribution in [0.2, 0.25) is 0 Å². The van der Waals surface area contributed by atoms with Crippen molar-refractivity contribution in [2.45, 2.75) is 31.9 Å². The standard InChI is InChI=1S/C11H15BrN2O2/c12-11-9-3-6-16-7-10(9)14(13-11)8-1-4-15-5-2-8/h8H,1-7H2. The van der Waals surface area contributed by atoms with Crippen LogP contribution in [-0.4, -0.2) is 29.6 Å². The van der Waals surface area contributed by atoms with Crippen molar-refractivity contribution in [1.82, 2.24) is 9.78 Å². The number of nitrogens with zero attached hydrogens (tertiary/aromatic N) is 2. The minimum absolute atomic E-state index is 0.482. The molecule has 0 aliphatic carbocycles. The van der Waals surface area contributed by atoms with Gasteiger partial charge in [0.15, 0.2) is 0 Å². The van der Waals surface area contributed by atoms with E-state index in [9.17, 15) is 0 Å². The molecule has 5 heteroatoms. The van der Waals surface area contributed by atoms with E-state index in [4.69, 9.17) is 9.47 Å². The first-order valence-corrected chi connectivity index (χ1v) is 6.57. The summed E-state index contributed by atoms with van der Waals surface area (Å²) in [5.41, 5.74) is 2.59. The number of rotatable bonds is 1. The minimum Gasteiger partial charge on any atom is -0.381 e. The molecule has 0 spiro atoms. The van der Waals surface area contributed by atoms with E-state index < -0.39 is 0 Å². The Hall–Kier alpha value is -0.390. The molecular formula is C11H15BrN2O2. The summed E-state index contributed by atoms with van der Waals surface area (Å²) in [6, 6.07) is 0.482. The Balaban J connectivity index is 1.93. The predicted molar refractivity (Wildman–Crippen MR) is 62.4 cm³/mol. The van der Waals surface area contributed by atoms with Crippen LogP contribution in [0.25, 0.3) is 0 Å². The number of hydrogen-bond acceptors (Lipinski definition) is 3. The fourth-order valence-electron chi connectivity index (χ4n) is 2.45. The van der Waals surface area contributed by atoms with Gasteiger partial charge in [-0.15, -0.1) is 0 Å². The van der Waals surface area contributed by atoms with Crippen LogP contribution in [0.15, 0.2) is 4.60 Å². The molecule has 1 fully saturated rings. The average molecular weight is 287 g/mol. The van der Waals surface area contributed by atoms with Gasteiger partial charge in [-0.3, -0.25) is 4.68 Å². The highest BCUT2D eigenvalue weighted by atomic mass is 79.9. The lowest BCUT2D eigenvalue weighted by Gasteiger charge is -2.25. The molecule has 88 valence electrons. The van der Waals surface area contributed by atoms with Gasteiger partial charge in [0.05, 0.1) is 24.9 Å². The Labute approximate surface area is 103 Å². The normalized spacial score (nSPS) is 22.1. The molecule has 0 radical (unpaired) electrons. The third kappa shape index (κ3) is 1.81. The molecule has 2 aliphatic heterocycles. The molecular weight excluding hydrogens is 272 g/mol. The van der Waals surface area contributed by atoms with Crippen molar-refractivity contribution >= 4 is 15.9 Å². The molecule has 1 aromatic rings. The topological polar surface area (TPSA) is 36.3 Å². The third-order valence-corrected chi connectivity index (χ3v) is 3.98. The molecule has 0 N–H and O–H groups in total. The highest BCUT2D eigenvalue weighted by Crippen LogP contribution is 2.30. The Morgan fingerprint density at radius 2 is 2.00 bits per heavy atom. The van der Waals surface area contributed by atoms with E-state index in [1.165, 1.54) is 11.3 Å². The maximum Gasteiger partial charge on any atom is 0.131 e. The van der Waals surface area contributed by atoms with Crippen molar-refractivity contribution < 1.29 is 9.47 Å². The molecule has 0 aromatic carbocycles. The van der Waals surface area contributed by atoms with Crippen LogP contribution in [0.4, 0.5) is 0 Å². The van der Waals surface area contributed by atoms with Crippen molar-refractivity contribution in [3.63, 3.8) is 0 Å². The first-order chi connectivity index (χ1) is 7.86. The Bertz CT molecular complexity index is 386. The van der Waals surface area contributed by atoms with Crippen molar-refractivity contribution in [1.29, 1.82) is 0 Å². The molecule has 3 rings (SSSR count). The summed E-state index contributed by atoms with van der Waals surface area (Å²) >= 11 is 3.55. The van der Waals surface area contributed by atoms with Crippen molar-refractivity contribution in [2.75, 3.05) is 19.8 Å². The molecule has 16 heavy (non-hydrogen) atoms. The van der Waals surface area contributed by atoms with E-state index in [-0.39, 0.29) is 0 Å². The average Bonchev–Trinajstić information content (AvgIpc) is 2.69. The molecule has 0 amide bonds. The maximum atomic E-state index is 5.53. The highest BCUT2D eigenvalue weighted by Gasteiger charge is 2.25. The van der Waals surface area contributed by atoms with Gasteiger partial charge in [0.25, 0.3) is 0 Å². The van der Waals surface area contributed by atoms with Crippen molar-refractivity contribution in [3.8, 4) is 0 Å². The van der Waals surface area contributed by atoms with Crippen LogP contribution < -0.4 is 0 Å². The predicted octanol–water partition coefficient (Wildman–Crippen LogP) is 2.07. The second-order valence-corrected chi connectivity index (χ2v) is 5.06. The van der Waals surface area contributed by atoms with Gasteiger partial charge in [-0.1, -0.05) is 0 Å². The maximum absolute atomic E-state index is 5.53. The lowest BCUT2D eigenvalue weighted by atomic mass is 10.1. The summed E-state index contributed by atoms with van der Waals surface area (Å²) in [6.07, 6.45) is 3.08. The van der Waals surface area contributed by atoms with E-state index in [2.05, 4.69) is 25.7 Å². The number of aromatic nitrogens is 2. The van der Waals surface area contributed by atoms with Gasteiger partial charge in [-0.2, -0.15) is 5.10 Å². The van der Waals surface area contributed by atoms with Crippen LogP contribution in [0, 0.1) is 0 Å². The summed E-state index contributed by atoms with van der Waals surface area (Å²) < 4.78 is 14.1. The van der Waals surface area contributed by atoms with Crippen LogP contribution >= 0.6 is 15.9 Å². The van der Waals surface area contributed by atoms with Crippen LogP contribution in [0.3, 0.4) is 0 Å². The second-order valence-electron chi connectivity index (χ2n) is 4.31. The van der Waals surface area contributed by atoms with E-state index in [0.717, 1.165) is 43.7 Å². The van der Waals surface area contributed by atoms with Gasteiger partial charge < -0.3 is 9.47 Å². The van der Waals surface area contributed by atoms with Crippen LogP contribution in [0.5, 0.6) is 0 Å². The van der Waals surface area contributed by atoms with E-state index in [1.54, 1.807) is 0 Å².